The number of morpholine rings is 1. The van der Waals surface area contributed by atoms with Crippen LogP contribution in [0.4, 0.5) is 0 Å². The van der Waals surface area contributed by atoms with Gasteiger partial charge in [-0.2, -0.15) is 0 Å². The molecular weight excluding hydrogens is 381 g/mol. The molecule has 1 aliphatic rings. The van der Waals surface area contributed by atoms with Gasteiger partial charge in [-0.25, -0.2) is 9.67 Å². The van der Waals surface area contributed by atoms with Gasteiger partial charge in [-0.05, 0) is 12.1 Å². The van der Waals surface area contributed by atoms with Crippen molar-refractivity contribution < 1.29 is 14.3 Å². The summed E-state index contributed by atoms with van der Waals surface area (Å²) in [4.78, 5) is 29.9. The van der Waals surface area contributed by atoms with Crippen molar-refractivity contribution in [2.24, 2.45) is 5.73 Å². The van der Waals surface area contributed by atoms with E-state index in [1.807, 2.05) is 6.92 Å². The molecule has 2 aromatic rings. The van der Waals surface area contributed by atoms with Crippen molar-refractivity contribution in [2.45, 2.75) is 19.4 Å². The Bertz CT molecular complexity index is 834. The molecule has 1 aromatic carbocycles. The first-order chi connectivity index (χ1) is 12.4. The molecule has 1 atom stereocenters. The SMILES string of the molecule is CCc1nc(C(=O)N2CCOC(C(N)=O)C2)nn1-c1c(Cl)cccc1Cl. The number of rotatable bonds is 4. The first-order valence-corrected chi connectivity index (χ1v) is 8.78. The van der Waals surface area contributed by atoms with E-state index in [-0.39, 0.29) is 19.0 Å². The number of halogens is 2. The Kier molecular flexibility index (Phi) is 5.45. The number of aryl methyl sites for hydroxylation is 1. The number of hydrogen-bond acceptors (Lipinski definition) is 5. The molecule has 10 heteroatoms. The Labute approximate surface area is 159 Å². The van der Waals surface area contributed by atoms with Crippen LogP contribution < -0.4 is 5.73 Å². The standard InChI is InChI=1S/C16H17Cl2N5O3/c1-2-12-20-15(16(25)22-6-7-26-11(8-22)14(19)24)21-23(12)13-9(17)4-3-5-10(13)18/h3-5,11H,2,6-8H2,1H3,(H2,19,24). The molecule has 138 valence electrons. The third kappa shape index (κ3) is 3.53. The zero-order valence-corrected chi connectivity index (χ0v) is 15.5. The van der Waals surface area contributed by atoms with Crippen molar-refractivity contribution in [3.05, 3.63) is 39.9 Å². The maximum absolute atomic E-state index is 12.8. The average molecular weight is 398 g/mol. The molecule has 1 aliphatic heterocycles. The number of nitrogens with two attached hydrogens (primary N) is 1. The second-order valence-electron chi connectivity index (χ2n) is 5.70. The van der Waals surface area contributed by atoms with Crippen LogP contribution in [0.1, 0.15) is 23.4 Å². The van der Waals surface area contributed by atoms with E-state index in [2.05, 4.69) is 10.1 Å². The summed E-state index contributed by atoms with van der Waals surface area (Å²) in [5.41, 5.74) is 5.73. The van der Waals surface area contributed by atoms with Gasteiger partial charge in [-0.15, -0.1) is 5.10 Å². The molecule has 1 saturated heterocycles. The molecule has 0 bridgehead atoms. The third-order valence-corrected chi connectivity index (χ3v) is 4.61. The fourth-order valence-electron chi connectivity index (χ4n) is 2.68. The van der Waals surface area contributed by atoms with Gasteiger partial charge in [0.1, 0.15) is 11.5 Å². The zero-order valence-electron chi connectivity index (χ0n) is 14.0. The summed E-state index contributed by atoms with van der Waals surface area (Å²) in [6, 6.07) is 5.09. The summed E-state index contributed by atoms with van der Waals surface area (Å²) in [6.45, 7) is 2.50. The second-order valence-corrected chi connectivity index (χ2v) is 6.51. The number of para-hydroxylation sites is 1. The molecule has 0 radical (unpaired) electrons. The number of ether oxygens (including phenoxy) is 1. The zero-order chi connectivity index (χ0) is 18.8. The molecule has 2 heterocycles. The fraction of sp³-hybridized carbons (Fsp3) is 0.375. The summed E-state index contributed by atoms with van der Waals surface area (Å²) in [5.74, 6) is -0.472. The maximum atomic E-state index is 12.8. The normalized spacial score (nSPS) is 17.3. The van der Waals surface area contributed by atoms with Gasteiger partial charge in [-0.3, -0.25) is 9.59 Å². The number of amides is 2. The highest BCUT2D eigenvalue weighted by Crippen LogP contribution is 2.29. The van der Waals surface area contributed by atoms with Crippen LogP contribution in [0.2, 0.25) is 10.0 Å². The Morgan fingerprint density at radius 1 is 1.35 bits per heavy atom. The number of hydrogen-bond donors (Lipinski definition) is 1. The van der Waals surface area contributed by atoms with Crippen LogP contribution in [0, 0.1) is 0 Å². The van der Waals surface area contributed by atoms with Crippen molar-refractivity contribution in [1.82, 2.24) is 19.7 Å². The molecule has 2 N–H and O–H groups in total. The van der Waals surface area contributed by atoms with E-state index in [0.717, 1.165) is 0 Å². The topological polar surface area (TPSA) is 103 Å². The van der Waals surface area contributed by atoms with Crippen molar-refractivity contribution >= 4 is 35.0 Å². The van der Waals surface area contributed by atoms with E-state index in [4.69, 9.17) is 33.7 Å². The van der Waals surface area contributed by atoms with Crippen molar-refractivity contribution in [2.75, 3.05) is 19.7 Å². The highest BCUT2D eigenvalue weighted by atomic mass is 35.5. The van der Waals surface area contributed by atoms with Gasteiger partial charge in [0.05, 0.1) is 23.2 Å². The lowest BCUT2D eigenvalue weighted by Gasteiger charge is -2.30. The summed E-state index contributed by atoms with van der Waals surface area (Å²) in [6.07, 6.45) is -0.312. The van der Waals surface area contributed by atoms with Gasteiger partial charge in [-0.1, -0.05) is 36.2 Å². The molecule has 8 nitrogen and oxygen atoms in total. The number of benzene rings is 1. The molecule has 0 spiro atoms. The number of aromatic nitrogens is 3. The first kappa shape index (κ1) is 18.6. The number of primary amides is 1. The van der Waals surface area contributed by atoms with Crippen LogP contribution in [0.3, 0.4) is 0 Å². The van der Waals surface area contributed by atoms with E-state index in [1.54, 1.807) is 18.2 Å². The first-order valence-electron chi connectivity index (χ1n) is 8.02. The minimum atomic E-state index is -0.835. The van der Waals surface area contributed by atoms with Crippen molar-refractivity contribution in [3.8, 4) is 5.69 Å². The maximum Gasteiger partial charge on any atom is 0.293 e. The predicted octanol–water partition coefficient (Wildman–Crippen LogP) is 1.46. The molecule has 1 aromatic heterocycles. The van der Waals surface area contributed by atoms with Crippen LogP contribution in [-0.2, 0) is 16.0 Å². The lowest BCUT2D eigenvalue weighted by atomic mass is 10.2. The van der Waals surface area contributed by atoms with E-state index < -0.39 is 17.9 Å². The molecule has 3 rings (SSSR count). The Morgan fingerprint density at radius 3 is 2.65 bits per heavy atom. The highest BCUT2D eigenvalue weighted by Gasteiger charge is 2.31. The van der Waals surface area contributed by atoms with E-state index in [9.17, 15) is 9.59 Å². The number of carbonyl (C=O) groups excluding carboxylic acids is 2. The molecule has 26 heavy (non-hydrogen) atoms. The molecule has 0 saturated carbocycles. The molecule has 2 amide bonds. The van der Waals surface area contributed by atoms with E-state index in [0.29, 0.717) is 34.5 Å². The van der Waals surface area contributed by atoms with Crippen molar-refractivity contribution in [3.63, 3.8) is 0 Å². The lowest BCUT2D eigenvalue weighted by molar-refractivity contribution is -0.133. The number of nitrogens with zero attached hydrogens (tertiary/aromatic N) is 4. The van der Waals surface area contributed by atoms with Gasteiger partial charge >= 0.3 is 0 Å². The highest BCUT2D eigenvalue weighted by molar-refractivity contribution is 6.37. The summed E-state index contributed by atoms with van der Waals surface area (Å²) in [5, 5.41) is 5.11. The molecule has 0 aliphatic carbocycles. The van der Waals surface area contributed by atoms with Gasteiger partial charge in [0.2, 0.25) is 11.7 Å². The van der Waals surface area contributed by atoms with Gasteiger partial charge in [0, 0.05) is 13.0 Å². The summed E-state index contributed by atoms with van der Waals surface area (Å²) >= 11 is 12.5. The van der Waals surface area contributed by atoms with Gasteiger partial charge in [0.25, 0.3) is 5.91 Å². The van der Waals surface area contributed by atoms with E-state index >= 15 is 0 Å². The quantitative estimate of drug-likeness (QED) is 0.840. The average Bonchev–Trinajstić information content (AvgIpc) is 3.05. The molecule has 1 fully saturated rings. The van der Waals surface area contributed by atoms with Gasteiger partial charge < -0.3 is 15.4 Å². The monoisotopic (exact) mass is 397 g/mol. The lowest BCUT2D eigenvalue weighted by Crippen LogP contribution is -2.50. The summed E-state index contributed by atoms with van der Waals surface area (Å²) < 4.78 is 6.73. The second kappa shape index (κ2) is 7.61. The Hall–Kier alpha value is -2.16. The smallest absolute Gasteiger partial charge is 0.293 e. The predicted molar refractivity (Wildman–Crippen MR) is 95.6 cm³/mol. The van der Waals surface area contributed by atoms with E-state index in [1.165, 1.54) is 9.58 Å². The van der Waals surface area contributed by atoms with Gasteiger partial charge in [0.15, 0.2) is 6.10 Å². The minimum Gasteiger partial charge on any atom is -0.367 e. The van der Waals surface area contributed by atoms with Crippen LogP contribution in [0.15, 0.2) is 18.2 Å². The summed E-state index contributed by atoms with van der Waals surface area (Å²) in [7, 11) is 0. The molecular formula is C16H17Cl2N5O3. The van der Waals surface area contributed by atoms with Crippen LogP contribution in [0.5, 0.6) is 0 Å². The Balaban J connectivity index is 1.94. The van der Waals surface area contributed by atoms with Crippen LogP contribution in [-0.4, -0.2) is 57.3 Å². The molecule has 1 unspecified atom stereocenters. The Morgan fingerprint density at radius 2 is 2.04 bits per heavy atom. The third-order valence-electron chi connectivity index (χ3n) is 4.00. The largest absolute Gasteiger partial charge is 0.367 e. The van der Waals surface area contributed by atoms with Crippen LogP contribution >= 0.6 is 23.2 Å². The minimum absolute atomic E-state index is 0.00274. The number of carbonyl (C=O) groups is 2. The fourth-order valence-corrected chi connectivity index (χ4v) is 3.24. The van der Waals surface area contributed by atoms with Crippen LogP contribution in [0.25, 0.3) is 5.69 Å². The van der Waals surface area contributed by atoms with Crippen molar-refractivity contribution in [1.29, 1.82) is 0 Å².